The molecule has 2 N–H and O–H groups in total. The standard InChI is InChI=1S/C16H19N3O/c1-11-5-8-13-3-2-4-14(16(13)18-11)19-15(20)10-17-9-12-6-7-12/h2-5,8,12,17H,6-7,9-10H2,1H3,(H,19,20). The Labute approximate surface area is 118 Å². The van der Waals surface area contributed by atoms with Gasteiger partial charge in [-0.1, -0.05) is 18.2 Å². The third kappa shape index (κ3) is 3.14. The summed E-state index contributed by atoms with van der Waals surface area (Å²) in [5.74, 6) is 0.770. The lowest BCUT2D eigenvalue weighted by atomic mass is 10.1. The molecule has 0 spiro atoms. The number of hydrogen-bond donors (Lipinski definition) is 2. The average Bonchev–Trinajstić information content (AvgIpc) is 3.24. The highest BCUT2D eigenvalue weighted by Gasteiger charge is 2.20. The summed E-state index contributed by atoms with van der Waals surface area (Å²) in [7, 11) is 0. The minimum atomic E-state index is -0.0125. The normalized spacial score (nSPS) is 14.4. The molecule has 0 unspecified atom stereocenters. The van der Waals surface area contributed by atoms with Crippen LogP contribution in [-0.2, 0) is 4.79 Å². The number of aromatic nitrogens is 1. The number of fused-ring (bicyclic) bond motifs is 1. The van der Waals surface area contributed by atoms with Gasteiger partial charge in [0.1, 0.15) is 0 Å². The summed E-state index contributed by atoms with van der Waals surface area (Å²) in [5.41, 5.74) is 2.58. The summed E-state index contributed by atoms with van der Waals surface area (Å²) in [6.45, 7) is 3.26. The number of benzene rings is 1. The quantitative estimate of drug-likeness (QED) is 0.876. The van der Waals surface area contributed by atoms with Crippen LogP contribution in [0.3, 0.4) is 0 Å². The summed E-state index contributed by atoms with van der Waals surface area (Å²) in [6.07, 6.45) is 2.59. The Morgan fingerprint density at radius 1 is 1.30 bits per heavy atom. The second-order valence-corrected chi connectivity index (χ2v) is 5.45. The zero-order valence-electron chi connectivity index (χ0n) is 11.6. The van der Waals surface area contributed by atoms with E-state index >= 15 is 0 Å². The van der Waals surface area contributed by atoms with E-state index in [1.807, 2.05) is 37.3 Å². The molecule has 0 radical (unpaired) electrons. The Morgan fingerprint density at radius 2 is 2.15 bits per heavy atom. The van der Waals surface area contributed by atoms with Crippen molar-refractivity contribution in [2.45, 2.75) is 19.8 Å². The van der Waals surface area contributed by atoms with E-state index in [4.69, 9.17) is 0 Å². The molecule has 1 aromatic heterocycles. The molecule has 104 valence electrons. The Hall–Kier alpha value is -1.94. The van der Waals surface area contributed by atoms with Crippen LogP contribution in [0.15, 0.2) is 30.3 Å². The molecule has 1 saturated carbocycles. The number of rotatable bonds is 5. The Kier molecular flexibility index (Phi) is 3.65. The first-order valence-corrected chi connectivity index (χ1v) is 7.09. The Bertz CT molecular complexity index is 635. The highest BCUT2D eigenvalue weighted by atomic mass is 16.1. The lowest BCUT2D eigenvalue weighted by Crippen LogP contribution is -2.29. The van der Waals surface area contributed by atoms with Crippen molar-refractivity contribution in [3.05, 3.63) is 36.0 Å². The van der Waals surface area contributed by atoms with E-state index in [-0.39, 0.29) is 5.91 Å². The second kappa shape index (κ2) is 5.59. The molecule has 0 bridgehead atoms. The van der Waals surface area contributed by atoms with E-state index in [1.165, 1.54) is 12.8 Å². The van der Waals surface area contributed by atoms with Crippen molar-refractivity contribution < 1.29 is 4.79 Å². The first-order valence-electron chi connectivity index (χ1n) is 7.09. The van der Waals surface area contributed by atoms with Gasteiger partial charge >= 0.3 is 0 Å². The van der Waals surface area contributed by atoms with E-state index in [9.17, 15) is 4.79 Å². The number of amides is 1. The molecule has 0 saturated heterocycles. The minimum Gasteiger partial charge on any atom is -0.323 e. The van der Waals surface area contributed by atoms with Crippen LogP contribution in [0.5, 0.6) is 0 Å². The molecule has 1 fully saturated rings. The van der Waals surface area contributed by atoms with Crippen LogP contribution in [-0.4, -0.2) is 24.0 Å². The SMILES string of the molecule is Cc1ccc2cccc(NC(=O)CNCC3CC3)c2n1. The summed E-state index contributed by atoms with van der Waals surface area (Å²) < 4.78 is 0. The molecule has 1 amide bonds. The molecule has 1 aliphatic carbocycles. The number of anilines is 1. The van der Waals surface area contributed by atoms with Crippen molar-refractivity contribution in [1.82, 2.24) is 10.3 Å². The van der Waals surface area contributed by atoms with Crippen LogP contribution in [0.2, 0.25) is 0 Å². The predicted octanol–water partition coefficient (Wildman–Crippen LogP) is 2.48. The lowest BCUT2D eigenvalue weighted by Gasteiger charge is -2.09. The first-order chi connectivity index (χ1) is 9.72. The van der Waals surface area contributed by atoms with Gasteiger partial charge in [-0.25, -0.2) is 0 Å². The molecule has 1 aliphatic rings. The third-order valence-corrected chi connectivity index (χ3v) is 3.55. The van der Waals surface area contributed by atoms with Crippen molar-refractivity contribution in [2.75, 3.05) is 18.4 Å². The van der Waals surface area contributed by atoms with Gasteiger partial charge in [0.05, 0.1) is 17.7 Å². The number of carbonyl (C=O) groups excluding carboxylic acids is 1. The van der Waals surface area contributed by atoms with Gasteiger partial charge in [0.25, 0.3) is 0 Å². The van der Waals surface area contributed by atoms with E-state index in [2.05, 4.69) is 15.6 Å². The van der Waals surface area contributed by atoms with Crippen LogP contribution < -0.4 is 10.6 Å². The van der Waals surface area contributed by atoms with Gasteiger partial charge in [-0.05, 0) is 44.4 Å². The van der Waals surface area contributed by atoms with Crippen molar-refractivity contribution in [3.8, 4) is 0 Å². The summed E-state index contributed by atoms with van der Waals surface area (Å²) in [6, 6.07) is 9.84. The lowest BCUT2D eigenvalue weighted by molar-refractivity contribution is -0.115. The van der Waals surface area contributed by atoms with Crippen molar-refractivity contribution in [1.29, 1.82) is 0 Å². The number of para-hydroxylation sites is 1. The second-order valence-electron chi connectivity index (χ2n) is 5.45. The van der Waals surface area contributed by atoms with Crippen LogP contribution in [0.1, 0.15) is 18.5 Å². The van der Waals surface area contributed by atoms with Crippen molar-refractivity contribution in [3.63, 3.8) is 0 Å². The first kappa shape index (κ1) is 13.1. The Balaban J connectivity index is 1.69. The van der Waals surface area contributed by atoms with Crippen molar-refractivity contribution >= 4 is 22.5 Å². The molecule has 2 aromatic rings. The molecule has 20 heavy (non-hydrogen) atoms. The number of nitrogens with one attached hydrogen (secondary N) is 2. The fraction of sp³-hybridized carbons (Fsp3) is 0.375. The predicted molar refractivity (Wildman–Crippen MR) is 80.7 cm³/mol. The van der Waals surface area contributed by atoms with E-state index in [0.717, 1.165) is 34.7 Å². The van der Waals surface area contributed by atoms with Crippen LogP contribution in [0.4, 0.5) is 5.69 Å². The molecular formula is C16H19N3O. The highest BCUT2D eigenvalue weighted by Crippen LogP contribution is 2.27. The monoisotopic (exact) mass is 269 g/mol. The average molecular weight is 269 g/mol. The van der Waals surface area contributed by atoms with Gasteiger partial charge in [0.15, 0.2) is 0 Å². The summed E-state index contributed by atoms with van der Waals surface area (Å²) in [5, 5.41) is 7.18. The fourth-order valence-corrected chi connectivity index (χ4v) is 2.25. The van der Waals surface area contributed by atoms with Crippen LogP contribution in [0, 0.1) is 12.8 Å². The van der Waals surface area contributed by atoms with Gasteiger partial charge in [-0.2, -0.15) is 0 Å². The minimum absolute atomic E-state index is 0.0125. The maximum atomic E-state index is 11.9. The molecule has 4 heteroatoms. The third-order valence-electron chi connectivity index (χ3n) is 3.55. The van der Waals surface area contributed by atoms with Gasteiger partial charge in [-0.15, -0.1) is 0 Å². The molecule has 4 nitrogen and oxygen atoms in total. The fourth-order valence-electron chi connectivity index (χ4n) is 2.25. The number of nitrogens with zero attached hydrogens (tertiary/aromatic N) is 1. The number of aryl methyl sites for hydroxylation is 1. The van der Waals surface area contributed by atoms with E-state index in [0.29, 0.717) is 6.54 Å². The maximum absolute atomic E-state index is 11.9. The highest BCUT2D eigenvalue weighted by molar-refractivity contribution is 6.00. The Morgan fingerprint density at radius 3 is 2.95 bits per heavy atom. The molecule has 3 rings (SSSR count). The maximum Gasteiger partial charge on any atom is 0.238 e. The number of carbonyl (C=O) groups is 1. The van der Waals surface area contributed by atoms with Crippen molar-refractivity contribution in [2.24, 2.45) is 5.92 Å². The summed E-state index contributed by atoms with van der Waals surface area (Å²) in [4.78, 5) is 16.5. The molecular weight excluding hydrogens is 250 g/mol. The largest absolute Gasteiger partial charge is 0.323 e. The zero-order valence-corrected chi connectivity index (χ0v) is 11.6. The van der Waals surface area contributed by atoms with E-state index < -0.39 is 0 Å². The van der Waals surface area contributed by atoms with Gasteiger partial charge in [0.2, 0.25) is 5.91 Å². The topological polar surface area (TPSA) is 54.0 Å². The summed E-state index contributed by atoms with van der Waals surface area (Å²) >= 11 is 0. The molecule has 0 atom stereocenters. The van der Waals surface area contributed by atoms with E-state index in [1.54, 1.807) is 0 Å². The van der Waals surface area contributed by atoms with Gasteiger partial charge in [0, 0.05) is 11.1 Å². The number of pyridine rings is 1. The zero-order chi connectivity index (χ0) is 13.9. The molecule has 1 heterocycles. The molecule has 1 aromatic carbocycles. The van der Waals surface area contributed by atoms with Crippen LogP contribution in [0.25, 0.3) is 10.9 Å². The number of hydrogen-bond acceptors (Lipinski definition) is 3. The smallest absolute Gasteiger partial charge is 0.238 e. The van der Waals surface area contributed by atoms with Crippen LogP contribution >= 0.6 is 0 Å². The van der Waals surface area contributed by atoms with Gasteiger partial charge < -0.3 is 10.6 Å². The van der Waals surface area contributed by atoms with Gasteiger partial charge in [-0.3, -0.25) is 9.78 Å². The molecule has 0 aliphatic heterocycles.